The predicted octanol–water partition coefficient (Wildman–Crippen LogP) is 2.46. The molecule has 1 aromatic heterocycles. The number of likely N-dealkylation sites (N-methyl/N-ethyl adjacent to an activating group) is 1. The summed E-state index contributed by atoms with van der Waals surface area (Å²) in [5.41, 5.74) is 1.97. The SMILES string of the molecule is COc1ccccc1CC(=O)N1CCCC(N(C)c2ncc(C)cn2)C1. The summed E-state index contributed by atoms with van der Waals surface area (Å²) in [4.78, 5) is 25.7. The maximum atomic E-state index is 12.8. The maximum absolute atomic E-state index is 12.8. The number of aromatic nitrogens is 2. The van der Waals surface area contributed by atoms with Gasteiger partial charge in [-0.05, 0) is 31.4 Å². The number of para-hydroxylation sites is 1. The lowest BCUT2D eigenvalue weighted by Gasteiger charge is -2.37. The third-order valence-corrected chi connectivity index (χ3v) is 4.91. The van der Waals surface area contributed by atoms with Gasteiger partial charge in [-0.3, -0.25) is 4.79 Å². The number of likely N-dealkylation sites (tertiary alicyclic amines) is 1. The van der Waals surface area contributed by atoms with Gasteiger partial charge in [0, 0.05) is 44.1 Å². The van der Waals surface area contributed by atoms with E-state index < -0.39 is 0 Å². The molecule has 1 aliphatic rings. The molecule has 1 unspecified atom stereocenters. The molecule has 0 aliphatic carbocycles. The molecule has 0 bridgehead atoms. The van der Waals surface area contributed by atoms with Gasteiger partial charge in [-0.1, -0.05) is 18.2 Å². The van der Waals surface area contributed by atoms with Crippen molar-refractivity contribution in [1.29, 1.82) is 0 Å². The van der Waals surface area contributed by atoms with Crippen molar-refractivity contribution in [1.82, 2.24) is 14.9 Å². The Labute approximate surface area is 154 Å². The van der Waals surface area contributed by atoms with Gasteiger partial charge in [0.1, 0.15) is 5.75 Å². The third-order valence-electron chi connectivity index (χ3n) is 4.91. The fourth-order valence-corrected chi connectivity index (χ4v) is 3.35. The first-order valence-corrected chi connectivity index (χ1v) is 8.99. The summed E-state index contributed by atoms with van der Waals surface area (Å²) in [5, 5.41) is 0. The molecule has 0 saturated carbocycles. The maximum Gasteiger partial charge on any atom is 0.227 e. The van der Waals surface area contributed by atoms with Crippen molar-refractivity contribution in [2.45, 2.75) is 32.2 Å². The topological polar surface area (TPSA) is 58.6 Å². The number of rotatable bonds is 5. The largest absolute Gasteiger partial charge is 0.496 e. The fourth-order valence-electron chi connectivity index (χ4n) is 3.35. The number of anilines is 1. The summed E-state index contributed by atoms with van der Waals surface area (Å²) in [7, 11) is 3.64. The Kier molecular flexibility index (Phi) is 5.71. The standard InChI is InChI=1S/C20H26N4O2/c1-15-12-21-20(22-13-15)23(2)17-8-6-10-24(14-17)19(25)11-16-7-4-5-9-18(16)26-3/h4-5,7,9,12-13,17H,6,8,10-11,14H2,1-3H3. The van der Waals surface area contributed by atoms with Crippen LogP contribution < -0.4 is 9.64 Å². The summed E-state index contributed by atoms with van der Waals surface area (Å²) >= 11 is 0. The Morgan fingerprint density at radius 1 is 1.31 bits per heavy atom. The first-order chi connectivity index (χ1) is 12.6. The van der Waals surface area contributed by atoms with Crippen LogP contribution in [0.3, 0.4) is 0 Å². The molecule has 1 aromatic carbocycles. The number of hydrogen-bond acceptors (Lipinski definition) is 5. The van der Waals surface area contributed by atoms with E-state index in [0.717, 1.165) is 36.3 Å². The molecule has 1 saturated heterocycles. The van der Waals surface area contributed by atoms with Gasteiger partial charge in [-0.2, -0.15) is 0 Å². The number of benzene rings is 1. The van der Waals surface area contributed by atoms with Crippen LogP contribution in [0.1, 0.15) is 24.0 Å². The molecule has 0 spiro atoms. The van der Waals surface area contributed by atoms with Crippen LogP contribution in [0, 0.1) is 6.92 Å². The van der Waals surface area contributed by atoms with E-state index in [9.17, 15) is 4.79 Å². The van der Waals surface area contributed by atoms with Crippen LogP contribution >= 0.6 is 0 Å². The van der Waals surface area contributed by atoms with E-state index in [4.69, 9.17) is 4.74 Å². The molecular formula is C20H26N4O2. The molecule has 1 amide bonds. The summed E-state index contributed by atoms with van der Waals surface area (Å²) < 4.78 is 5.36. The van der Waals surface area contributed by atoms with E-state index in [2.05, 4.69) is 14.9 Å². The lowest BCUT2D eigenvalue weighted by atomic mass is 10.0. The average Bonchev–Trinajstić information content (AvgIpc) is 2.68. The lowest BCUT2D eigenvalue weighted by molar-refractivity contribution is -0.131. The van der Waals surface area contributed by atoms with Gasteiger partial charge >= 0.3 is 0 Å². The van der Waals surface area contributed by atoms with E-state index >= 15 is 0 Å². The zero-order chi connectivity index (χ0) is 18.5. The van der Waals surface area contributed by atoms with Crippen LogP contribution in [-0.4, -0.2) is 54.1 Å². The van der Waals surface area contributed by atoms with Gasteiger partial charge in [0.15, 0.2) is 0 Å². The van der Waals surface area contributed by atoms with E-state index in [-0.39, 0.29) is 11.9 Å². The number of hydrogen-bond donors (Lipinski definition) is 0. The van der Waals surface area contributed by atoms with E-state index in [1.165, 1.54) is 0 Å². The van der Waals surface area contributed by atoms with Crippen molar-refractivity contribution in [2.24, 2.45) is 0 Å². The average molecular weight is 354 g/mol. The summed E-state index contributed by atoms with van der Waals surface area (Å²) in [6, 6.07) is 7.93. The molecule has 3 rings (SSSR count). The second-order valence-corrected chi connectivity index (χ2v) is 6.80. The highest BCUT2D eigenvalue weighted by atomic mass is 16.5. The van der Waals surface area contributed by atoms with Crippen LogP contribution in [0.5, 0.6) is 5.75 Å². The predicted molar refractivity (Wildman–Crippen MR) is 101 cm³/mol. The minimum atomic E-state index is 0.137. The summed E-state index contributed by atoms with van der Waals surface area (Å²) in [6.45, 7) is 3.47. The van der Waals surface area contributed by atoms with E-state index in [1.54, 1.807) is 7.11 Å². The molecule has 2 aromatic rings. The van der Waals surface area contributed by atoms with Crippen molar-refractivity contribution in [3.63, 3.8) is 0 Å². The first kappa shape index (κ1) is 18.2. The molecule has 1 aliphatic heterocycles. The van der Waals surface area contributed by atoms with Crippen molar-refractivity contribution < 1.29 is 9.53 Å². The van der Waals surface area contributed by atoms with Crippen LogP contribution in [0.2, 0.25) is 0 Å². The number of ether oxygens (including phenoxy) is 1. The van der Waals surface area contributed by atoms with Crippen LogP contribution in [0.25, 0.3) is 0 Å². The van der Waals surface area contributed by atoms with Crippen molar-refractivity contribution in [2.75, 3.05) is 32.1 Å². The number of nitrogens with zero attached hydrogens (tertiary/aromatic N) is 4. The van der Waals surface area contributed by atoms with Crippen LogP contribution in [0.4, 0.5) is 5.95 Å². The molecule has 0 radical (unpaired) electrons. The Balaban J connectivity index is 1.65. The number of aryl methyl sites for hydroxylation is 1. The molecule has 1 fully saturated rings. The Morgan fingerprint density at radius 3 is 2.77 bits per heavy atom. The third kappa shape index (κ3) is 4.12. The highest BCUT2D eigenvalue weighted by molar-refractivity contribution is 5.79. The Bertz CT molecular complexity index is 748. The van der Waals surface area contributed by atoms with Gasteiger partial charge in [-0.25, -0.2) is 9.97 Å². The van der Waals surface area contributed by atoms with E-state index in [1.807, 2.05) is 55.5 Å². The highest BCUT2D eigenvalue weighted by Crippen LogP contribution is 2.22. The van der Waals surface area contributed by atoms with Crippen molar-refractivity contribution >= 4 is 11.9 Å². The molecule has 2 heterocycles. The quantitative estimate of drug-likeness (QED) is 0.825. The van der Waals surface area contributed by atoms with Gasteiger partial charge in [0.25, 0.3) is 0 Å². The number of methoxy groups -OCH3 is 1. The van der Waals surface area contributed by atoms with Crippen LogP contribution in [-0.2, 0) is 11.2 Å². The first-order valence-electron chi connectivity index (χ1n) is 8.99. The second kappa shape index (κ2) is 8.17. The normalized spacial score (nSPS) is 17.0. The van der Waals surface area contributed by atoms with Gasteiger partial charge in [0.05, 0.1) is 13.5 Å². The number of piperidine rings is 1. The summed E-state index contributed by atoms with van der Waals surface area (Å²) in [5.74, 6) is 1.61. The van der Waals surface area contributed by atoms with Gasteiger partial charge in [0.2, 0.25) is 11.9 Å². The monoisotopic (exact) mass is 354 g/mol. The van der Waals surface area contributed by atoms with Crippen molar-refractivity contribution in [3.8, 4) is 5.75 Å². The minimum absolute atomic E-state index is 0.137. The molecule has 6 nitrogen and oxygen atoms in total. The lowest BCUT2D eigenvalue weighted by Crippen LogP contribution is -2.49. The second-order valence-electron chi connectivity index (χ2n) is 6.80. The minimum Gasteiger partial charge on any atom is -0.496 e. The van der Waals surface area contributed by atoms with Gasteiger partial charge < -0.3 is 14.5 Å². The molecule has 0 N–H and O–H groups in total. The van der Waals surface area contributed by atoms with Crippen LogP contribution in [0.15, 0.2) is 36.7 Å². The number of amides is 1. The zero-order valence-corrected chi connectivity index (χ0v) is 15.7. The molecule has 1 atom stereocenters. The summed E-state index contributed by atoms with van der Waals surface area (Å²) in [6.07, 6.45) is 6.03. The van der Waals surface area contributed by atoms with Gasteiger partial charge in [-0.15, -0.1) is 0 Å². The molecule has 26 heavy (non-hydrogen) atoms. The molecule has 6 heteroatoms. The Morgan fingerprint density at radius 2 is 2.04 bits per heavy atom. The molecule has 138 valence electrons. The molecular weight excluding hydrogens is 328 g/mol. The Hall–Kier alpha value is -2.63. The van der Waals surface area contributed by atoms with Crippen molar-refractivity contribution in [3.05, 3.63) is 47.8 Å². The highest BCUT2D eigenvalue weighted by Gasteiger charge is 2.27. The number of carbonyl (C=O) groups is 1. The fraction of sp³-hybridized carbons (Fsp3) is 0.450. The smallest absolute Gasteiger partial charge is 0.227 e. The number of carbonyl (C=O) groups excluding carboxylic acids is 1. The zero-order valence-electron chi connectivity index (χ0n) is 15.7. The van der Waals surface area contributed by atoms with E-state index in [0.29, 0.717) is 18.9 Å².